The van der Waals surface area contributed by atoms with Gasteiger partial charge < -0.3 is 10.0 Å². The number of nitrogens with zero attached hydrogens (tertiary/aromatic N) is 1. The second kappa shape index (κ2) is 6.66. The first kappa shape index (κ1) is 14.1. The summed E-state index contributed by atoms with van der Waals surface area (Å²) < 4.78 is 0. The van der Waals surface area contributed by atoms with Crippen molar-refractivity contribution in [3.8, 4) is 11.8 Å². The van der Waals surface area contributed by atoms with Crippen LogP contribution in [0.2, 0.25) is 0 Å². The van der Waals surface area contributed by atoms with Crippen LogP contribution in [0.25, 0.3) is 0 Å². The van der Waals surface area contributed by atoms with Crippen molar-refractivity contribution in [1.29, 1.82) is 0 Å². The second-order valence-corrected chi connectivity index (χ2v) is 4.89. The highest BCUT2D eigenvalue weighted by atomic mass is 16.4. The zero-order valence-electron chi connectivity index (χ0n) is 11.0. The van der Waals surface area contributed by atoms with Crippen LogP contribution in [-0.4, -0.2) is 35.6 Å². The maximum atomic E-state index is 11.5. The molecule has 1 unspecified atom stereocenters. The molecule has 1 rings (SSSR count). The molecule has 0 aromatic heterocycles. The Balaban J connectivity index is 2.60. The molecule has 1 saturated heterocycles. The number of rotatable bonds is 5. The van der Waals surface area contributed by atoms with E-state index >= 15 is 0 Å². The van der Waals surface area contributed by atoms with Crippen molar-refractivity contribution < 1.29 is 9.90 Å². The molecule has 0 aromatic carbocycles. The van der Waals surface area contributed by atoms with Crippen molar-refractivity contribution in [2.24, 2.45) is 5.41 Å². The second-order valence-electron chi connectivity index (χ2n) is 4.89. The van der Waals surface area contributed by atoms with Gasteiger partial charge in [-0.15, -0.1) is 11.8 Å². The molecule has 0 radical (unpaired) electrons. The van der Waals surface area contributed by atoms with Crippen molar-refractivity contribution in [3.63, 3.8) is 0 Å². The third-order valence-electron chi connectivity index (χ3n) is 3.57. The van der Waals surface area contributed by atoms with Crippen LogP contribution >= 0.6 is 0 Å². The number of carboxylic acid groups (broad SMARTS) is 1. The van der Waals surface area contributed by atoms with Gasteiger partial charge in [-0.3, -0.25) is 4.79 Å². The molecule has 0 spiro atoms. The molecular formula is C14H23NO2. The van der Waals surface area contributed by atoms with Crippen LogP contribution in [-0.2, 0) is 4.79 Å². The molecule has 0 aromatic rings. The normalized spacial score (nSPS) is 25.1. The molecule has 96 valence electrons. The van der Waals surface area contributed by atoms with E-state index < -0.39 is 11.4 Å². The van der Waals surface area contributed by atoms with Crippen molar-refractivity contribution in [3.05, 3.63) is 0 Å². The summed E-state index contributed by atoms with van der Waals surface area (Å²) in [5.41, 5.74) is -0.507. The maximum absolute atomic E-state index is 11.5. The van der Waals surface area contributed by atoms with E-state index in [1.807, 2.05) is 6.92 Å². The maximum Gasteiger partial charge on any atom is 0.310 e. The first-order valence-electron chi connectivity index (χ1n) is 6.50. The summed E-state index contributed by atoms with van der Waals surface area (Å²) in [6, 6.07) is 0. The number of hydrogen-bond donors (Lipinski definition) is 1. The van der Waals surface area contributed by atoms with Crippen LogP contribution < -0.4 is 0 Å². The molecule has 1 aliphatic heterocycles. The molecule has 1 aliphatic rings. The fraction of sp³-hybridized carbons (Fsp3) is 0.786. The van der Waals surface area contributed by atoms with Crippen molar-refractivity contribution in [1.82, 2.24) is 4.90 Å². The Bertz CT molecular complexity index is 312. The van der Waals surface area contributed by atoms with Crippen LogP contribution in [0.5, 0.6) is 0 Å². The Morgan fingerprint density at radius 2 is 2.29 bits per heavy atom. The lowest BCUT2D eigenvalue weighted by molar-refractivity contribution is -0.153. The molecule has 1 fully saturated rings. The third-order valence-corrected chi connectivity index (χ3v) is 3.57. The Morgan fingerprint density at radius 1 is 1.53 bits per heavy atom. The van der Waals surface area contributed by atoms with Gasteiger partial charge in [0.15, 0.2) is 0 Å². The van der Waals surface area contributed by atoms with Gasteiger partial charge in [-0.1, -0.05) is 13.3 Å². The number of carbonyl (C=O) groups is 1. The van der Waals surface area contributed by atoms with Crippen molar-refractivity contribution in [2.45, 2.75) is 46.0 Å². The highest BCUT2D eigenvalue weighted by Gasteiger charge is 2.41. The standard InChI is InChI=1S/C14H23NO2/c1-3-5-6-10-15-11-7-9-14(12-15,8-4-2)13(16)17/h4,6-12H2,1-2H3,(H,16,17). The molecule has 0 saturated carbocycles. The Labute approximate surface area is 104 Å². The lowest BCUT2D eigenvalue weighted by atomic mass is 9.76. The number of aliphatic carboxylic acids is 1. The topological polar surface area (TPSA) is 40.5 Å². The quantitative estimate of drug-likeness (QED) is 0.746. The van der Waals surface area contributed by atoms with Crippen LogP contribution in [0.1, 0.15) is 46.0 Å². The van der Waals surface area contributed by atoms with Crippen LogP contribution in [0.4, 0.5) is 0 Å². The number of likely N-dealkylation sites (tertiary alicyclic amines) is 1. The van der Waals surface area contributed by atoms with Crippen molar-refractivity contribution in [2.75, 3.05) is 19.6 Å². The van der Waals surface area contributed by atoms with Gasteiger partial charge >= 0.3 is 5.97 Å². The summed E-state index contributed by atoms with van der Waals surface area (Å²) in [5, 5.41) is 9.45. The molecule has 17 heavy (non-hydrogen) atoms. The van der Waals surface area contributed by atoms with Gasteiger partial charge in [-0.05, 0) is 32.7 Å². The SMILES string of the molecule is CC#CCCN1CCCC(CCC)(C(=O)O)C1. The van der Waals surface area contributed by atoms with Gasteiger partial charge in [0.2, 0.25) is 0 Å². The van der Waals surface area contributed by atoms with Crippen molar-refractivity contribution >= 4 is 5.97 Å². The van der Waals surface area contributed by atoms with E-state index in [2.05, 4.69) is 23.7 Å². The zero-order chi connectivity index (χ0) is 12.7. The number of hydrogen-bond acceptors (Lipinski definition) is 2. The van der Waals surface area contributed by atoms with Crippen LogP contribution in [0, 0.1) is 17.3 Å². The lowest BCUT2D eigenvalue weighted by Crippen LogP contribution is -2.48. The van der Waals surface area contributed by atoms with Crippen LogP contribution in [0.3, 0.4) is 0 Å². The minimum Gasteiger partial charge on any atom is -0.481 e. The summed E-state index contributed by atoms with van der Waals surface area (Å²) in [6.45, 7) is 6.52. The van der Waals surface area contributed by atoms with E-state index in [4.69, 9.17) is 0 Å². The number of piperidine rings is 1. The lowest BCUT2D eigenvalue weighted by Gasteiger charge is -2.39. The summed E-state index contributed by atoms with van der Waals surface area (Å²) in [6.07, 6.45) is 4.39. The van der Waals surface area contributed by atoms with Gasteiger partial charge in [-0.2, -0.15) is 0 Å². The minimum atomic E-state index is -0.620. The molecule has 1 N–H and O–H groups in total. The monoisotopic (exact) mass is 237 g/mol. The number of carboxylic acids is 1. The Kier molecular flexibility index (Phi) is 5.50. The first-order valence-corrected chi connectivity index (χ1v) is 6.50. The van der Waals surface area contributed by atoms with Gasteiger partial charge in [0, 0.05) is 19.5 Å². The fourth-order valence-corrected chi connectivity index (χ4v) is 2.72. The molecule has 1 heterocycles. The predicted octanol–water partition coefficient (Wildman–Crippen LogP) is 2.37. The largest absolute Gasteiger partial charge is 0.481 e. The highest BCUT2D eigenvalue weighted by Crippen LogP contribution is 2.34. The summed E-state index contributed by atoms with van der Waals surface area (Å²) in [7, 11) is 0. The Morgan fingerprint density at radius 3 is 2.88 bits per heavy atom. The Hall–Kier alpha value is -1.01. The molecule has 3 nitrogen and oxygen atoms in total. The minimum absolute atomic E-state index is 0.507. The van der Waals surface area contributed by atoms with E-state index in [0.717, 1.165) is 45.2 Å². The van der Waals surface area contributed by atoms with E-state index in [0.29, 0.717) is 6.54 Å². The predicted molar refractivity (Wildman–Crippen MR) is 68.7 cm³/mol. The molecule has 0 aliphatic carbocycles. The van der Waals surface area contributed by atoms with E-state index in [1.54, 1.807) is 0 Å². The van der Waals surface area contributed by atoms with E-state index in [9.17, 15) is 9.90 Å². The first-order chi connectivity index (χ1) is 8.14. The molecule has 0 bridgehead atoms. The molecule has 1 atom stereocenters. The van der Waals surface area contributed by atoms with Gasteiger partial charge in [0.05, 0.1) is 5.41 Å². The van der Waals surface area contributed by atoms with Gasteiger partial charge in [0.25, 0.3) is 0 Å². The highest BCUT2D eigenvalue weighted by molar-refractivity contribution is 5.75. The van der Waals surface area contributed by atoms with Crippen LogP contribution in [0.15, 0.2) is 0 Å². The molecule has 0 amide bonds. The fourth-order valence-electron chi connectivity index (χ4n) is 2.72. The zero-order valence-corrected chi connectivity index (χ0v) is 11.0. The average molecular weight is 237 g/mol. The van der Waals surface area contributed by atoms with Gasteiger partial charge in [-0.25, -0.2) is 0 Å². The molecular weight excluding hydrogens is 214 g/mol. The molecule has 3 heteroatoms. The van der Waals surface area contributed by atoms with Gasteiger partial charge in [0.1, 0.15) is 0 Å². The third kappa shape index (κ3) is 3.74. The average Bonchev–Trinajstić information content (AvgIpc) is 2.30. The van der Waals surface area contributed by atoms with E-state index in [-0.39, 0.29) is 0 Å². The summed E-state index contributed by atoms with van der Waals surface area (Å²) in [4.78, 5) is 13.7. The summed E-state index contributed by atoms with van der Waals surface area (Å²) >= 11 is 0. The smallest absolute Gasteiger partial charge is 0.310 e. The summed E-state index contributed by atoms with van der Waals surface area (Å²) in [5.74, 6) is 5.31. The van der Waals surface area contributed by atoms with E-state index in [1.165, 1.54) is 0 Å².